The van der Waals surface area contributed by atoms with Crippen LogP contribution in [0.25, 0.3) is 10.9 Å². The van der Waals surface area contributed by atoms with E-state index in [1.54, 1.807) is 24.0 Å². The lowest BCUT2D eigenvalue weighted by atomic mass is 9.73. The van der Waals surface area contributed by atoms with Gasteiger partial charge in [0.2, 0.25) is 17.7 Å². The Morgan fingerprint density at radius 2 is 1.63 bits per heavy atom. The molecule has 4 aliphatic carbocycles. The van der Waals surface area contributed by atoms with Crippen LogP contribution in [0.1, 0.15) is 108 Å². The van der Waals surface area contributed by atoms with Gasteiger partial charge in [-0.15, -0.1) is 6.58 Å². The minimum absolute atomic E-state index is 0.0450. The van der Waals surface area contributed by atoms with E-state index in [9.17, 15) is 32.4 Å². The SMILES string of the molecule is C=C[C@@H]1C[C@]1(NC(=O)[C@@H]1C[C@@]2(CN1C(=O)[C@@H](NC(=O)[C@@H](NC(=O)c1cc3ccccc3[nH]1)C1CCCCC1)C(=C)C)C(C)(C)C21CCC1)C(=O)NS(=O)(=O)N1CCCC1. The van der Waals surface area contributed by atoms with Gasteiger partial charge in [-0.05, 0) is 92.7 Å². The number of likely N-dealkylation sites (tertiary alicyclic amines) is 1. The minimum atomic E-state index is -4.12. The van der Waals surface area contributed by atoms with Gasteiger partial charge in [0.05, 0.1) is 0 Å². The summed E-state index contributed by atoms with van der Waals surface area (Å²) in [5.41, 5.74) is -0.622. The summed E-state index contributed by atoms with van der Waals surface area (Å²) in [6.07, 6.45) is 10.8. The van der Waals surface area contributed by atoms with Gasteiger partial charge in [0, 0.05) is 41.9 Å². The number of fused-ring (bicyclic) bond motifs is 2. The topological polar surface area (TPSA) is 190 Å². The fourth-order valence-electron chi connectivity index (χ4n) is 11.7. The zero-order valence-corrected chi connectivity index (χ0v) is 35.3. The Hall–Kier alpha value is -4.50. The lowest BCUT2D eigenvalue weighted by Gasteiger charge is -2.33. The zero-order valence-electron chi connectivity index (χ0n) is 34.5. The molecule has 3 heterocycles. The molecular formula is C44H59N7O7S. The Labute approximate surface area is 346 Å². The summed E-state index contributed by atoms with van der Waals surface area (Å²) in [6, 6.07) is 6.18. The minimum Gasteiger partial charge on any atom is -0.351 e. The van der Waals surface area contributed by atoms with Crippen molar-refractivity contribution in [2.75, 3.05) is 19.6 Å². The molecule has 2 spiro atoms. The van der Waals surface area contributed by atoms with Crippen molar-refractivity contribution in [3.63, 3.8) is 0 Å². The van der Waals surface area contributed by atoms with Crippen LogP contribution in [-0.2, 0) is 29.4 Å². The summed E-state index contributed by atoms with van der Waals surface area (Å²) in [7, 11) is -4.12. The highest BCUT2D eigenvalue weighted by Gasteiger charge is 2.85. The van der Waals surface area contributed by atoms with Crippen molar-refractivity contribution in [3.05, 3.63) is 60.8 Å². The number of aromatic nitrogens is 1. The lowest BCUT2D eigenvalue weighted by molar-refractivity contribution is -0.142. The Balaban J connectivity index is 1.05. The third-order valence-electron chi connectivity index (χ3n) is 15.6. The van der Waals surface area contributed by atoms with E-state index in [1.165, 1.54) is 4.31 Å². The third kappa shape index (κ3) is 6.70. The number of rotatable bonds is 13. The van der Waals surface area contributed by atoms with Crippen LogP contribution in [0.4, 0.5) is 0 Å². The average molecular weight is 830 g/mol. The molecule has 14 nitrogen and oxygen atoms in total. The van der Waals surface area contributed by atoms with Crippen LogP contribution < -0.4 is 20.7 Å². The third-order valence-corrected chi connectivity index (χ3v) is 17.1. The molecule has 2 aliphatic heterocycles. The molecule has 1 aromatic carbocycles. The van der Waals surface area contributed by atoms with Gasteiger partial charge in [-0.3, -0.25) is 24.0 Å². The van der Waals surface area contributed by atoms with Gasteiger partial charge >= 0.3 is 10.2 Å². The molecule has 8 rings (SSSR count). The van der Waals surface area contributed by atoms with Crippen molar-refractivity contribution < 1.29 is 32.4 Å². The molecule has 6 aliphatic rings. The summed E-state index contributed by atoms with van der Waals surface area (Å²) >= 11 is 0. The fraction of sp³-hybridized carbons (Fsp3) is 0.614. The molecule has 6 atom stereocenters. The maximum absolute atomic E-state index is 15.0. The second kappa shape index (κ2) is 14.9. The van der Waals surface area contributed by atoms with E-state index in [0.717, 1.165) is 62.3 Å². The highest BCUT2D eigenvalue weighted by molar-refractivity contribution is 7.87. The number of carbonyl (C=O) groups excluding carboxylic acids is 5. The molecule has 4 saturated carbocycles. The first-order valence-corrected chi connectivity index (χ1v) is 22.9. The first kappa shape index (κ1) is 41.2. The number of H-pyrrole nitrogens is 1. The highest BCUT2D eigenvalue weighted by Crippen LogP contribution is 2.88. The summed E-state index contributed by atoms with van der Waals surface area (Å²) in [6.45, 7) is 14.9. The summed E-state index contributed by atoms with van der Waals surface area (Å²) in [5, 5.41) is 9.75. The molecule has 318 valence electrons. The molecular weight excluding hydrogens is 771 g/mol. The largest absolute Gasteiger partial charge is 0.351 e. The molecule has 2 saturated heterocycles. The number of benzene rings is 1. The van der Waals surface area contributed by atoms with Crippen LogP contribution in [-0.4, -0.2) is 95.4 Å². The second-order valence-corrected chi connectivity index (χ2v) is 20.5. The molecule has 5 N–H and O–H groups in total. The van der Waals surface area contributed by atoms with E-state index in [2.05, 4.69) is 52.7 Å². The van der Waals surface area contributed by atoms with Crippen molar-refractivity contribution in [2.24, 2.45) is 28.1 Å². The van der Waals surface area contributed by atoms with E-state index in [-0.39, 0.29) is 35.1 Å². The average Bonchev–Trinajstić information content (AvgIpc) is 3.60. The molecule has 15 heteroatoms. The van der Waals surface area contributed by atoms with E-state index < -0.39 is 69.3 Å². The van der Waals surface area contributed by atoms with Gasteiger partial charge in [-0.2, -0.15) is 12.7 Å². The molecule has 0 radical (unpaired) electrons. The number of aromatic amines is 1. The van der Waals surface area contributed by atoms with Crippen molar-refractivity contribution in [2.45, 2.75) is 121 Å². The number of amides is 5. The van der Waals surface area contributed by atoms with Crippen molar-refractivity contribution in [1.82, 2.24) is 34.9 Å². The first-order valence-electron chi connectivity index (χ1n) is 21.4. The van der Waals surface area contributed by atoms with Crippen LogP contribution in [0.5, 0.6) is 0 Å². The van der Waals surface area contributed by atoms with E-state index in [0.29, 0.717) is 43.6 Å². The van der Waals surface area contributed by atoms with Crippen LogP contribution >= 0.6 is 0 Å². The molecule has 2 aromatic rings. The van der Waals surface area contributed by atoms with Crippen molar-refractivity contribution in [1.29, 1.82) is 0 Å². The number of hydrogen-bond acceptors (Lipinski definition) is 7. The standard InChI is InChI=1S/C44H59N7O7S/c1-6-30-24-44(30,40(56)49-59(57,58)50-21-12-13-22-50)48-37(53)33-25-43(41(4,5)42(43)19-14-20-42)26-51(33)39(55)34(27(2)3)46-38(54)35(28-15-8-7-9-16-28)47-36(52)32-23-29-17-10-11-18-31(29)45-32/h6,10-11,17-18,23,28,30,33-35,45H,1-2,7-9,12-16,19-22,24-26H2,3-5H3,(H,46,54)(H,47,52)(H,48,53)(H,49,56)/t30-,33+,34+,35+,43-,44-/m1/s1. The van der Waals surface area contributed by atoms with Gasteiger partial charge < -0.3 is 25.8 Å². The van der Waals surface area contributed by atoms with E-state index in [4.69, 9.17) is 0 Å². The molecule has 5 amide bonds. The normalized spacial score (nSPS) is 29.3. The Morgan fingerprint density at radius 1 is 0.932 bits per heavy atom. The highest BCUT2D eigenvalue weighted by atomic mass is 32.2. The van der Waals surface area contributed by atoms with Crippen LogP contribution in [0, 0.1) is 28.1 Å². The smallest absolute Gasteiger partial charge is 0.303 e. The molecule has 6 fully saturated rings. The van der Waals surface area contributed by atoms with E-state index in [1.807, 2.05) is 24.3 Å². The number of para-hydroxylation sites is 1. The number of hydrogen-bond donors (Lipinski definition) is 5. The predicted molar refractivity (Wildman–Crippen MR) is 223 cm³/mol. The van der Waals surface area contributed by atoms with Crippen LogP contribution in [0.15, 0.2) is 55.1 Å². The lowest BCUT2D eigenvalue weighted by Crippen LogP contribution is -2.60. The van der Waals surface area contributed by atoms with Crippen LogP contribution in [0.3, 0.4) is 0 Å². The van der Waals surface area contributed by atoms with Gasteiger partial charge in [0.25, 0.3) is 11.8 Å². The maximum Gasteiger partial charge on any atom is 0.303 e. The fourth-order valence-corrected chi connectivity index (χ4v) is 13.0. The zero-order chi connectivity index (χ0) is 42.1. The number of nitrogens with one attached hydrogen (secondary N) is 5. The monoisotopic (exact) mass is 829 g/mol. The quantitative estimate of drug-likeness (QED) is 0.187. The number of carbonyl (C=O) groups is 5. The Kier molecular flexibility index (Phi) is 10.4. The van der Waals surface area contributed by atoms with E-state index >= 15 is 0 Å². The molecule has 0 bridgehead atoms. The van der Waals surface area contributed by atoms with Crippen LogP contribution in [0.2, 0.25) is 0 Å². The van der Waals surface area contributed by atoms with Gasteiger partial charge in [-0.25, -0.2) is 4.72 Å². The molecule has 59 heavy (non-hydrogen) atoms. The summed E-state index contributed by atoms with van der Waals surface area (Å²) in [5.74, 6) is -3.45. The van der Waals surface area contributed by atoms with Crippen molar-refractivity contribution >= 4 is 50.6 Å². The Morgan fingerprint density at radius 3 is 2.22 bits per heavy atom. The van der Waals surface area contributed by atoms with Gasteiger partial charge in [-0.1, -0.05) is 70.4 Å². The van der Waals surface area contributed by atoms with Gasteiger partial charge in [0.1, 0.15) is 29.4 Å². The molecule has 0 unspecified atom stereocenters. The predicted octanol–water partition coefficient (Wildman–Crippen LogP) is 4.22. The number of nitrogens with zero attached hydrogens (tertiary/aromatic N) is 2. The Bertz CT molecular complexity index is 2170. The summed E-state index contributed by atoms with van der Waals surface area (Å²) < 4.78 is 29.8. The maximum atomic E-state index is 15.0. The second-order valence-electron chi connectivity index (χ2n) is 18.8. The van der Waals surface area contributed by atoms with Gasteiger partial charge in [0.15, 0.2) is 0 Å². The first-order chi connectivity index (χ1) is 28.0. The summed E-state index contributed by atoms with van der Waals surface area (Å²) in [4.78, 5) is 76.3. The van der Waals surface area contributed by atoms with Crippen molar-refractivity contribution in [3.8, 4) is 0 Å². The molecule has 1 aromatic heterocycles.